The highest BCUT2D eigenvalue weighted by Gasteiger charge is 2.31. The third kappa shape index (κ3) is 12.3. The Morgan fingerprint density at radius 2 is 1.62 bits per heavy atom. The smallest absolute Gasteiger partial charge is 0.326 e. The van der Waals surface area contributed by atoms with Crippen LogP contribution in [0.1, 0.15) is 51.6 Å². The first-order chi connectivity index (χ1) is 18.3. The number of carbonyl (C=O) groups is 5. The molecule has 1 aromatic heterocycles. The summed E-state index contributed by atoms with van der Waals surface area (Å²) in [6.07, 6.45) is 2.90. The topological polar surface area (TPSA) is 281 Å². The number of nitrogens with one attached hydrogen (secondary N) is 4. The third-order valence-electron chi connectivity index (χ3n) is 6.01. The van der Waals surface area contributed by atoms with Gasteiger partial charge in [-0.3, -0.25) is 24.2 Å². The number of hydrogen-bond donors (Lipinski definition) is 9. The number of guanidine groups is 1. The molecule has 0 fully saturated rings. The van der Waals surface area contributed by atoms with Gasteiger partial charge in [0.05, 0.1) is 12.4 Å². The number of nitrogens with zero attached hydrogens (tertiary/aromatic N) is 2. The Bertz CT molecular complexity index is 996. The predicted octanol–water partition coefficient (Wildman–Crippen LogP) is -2.22. The van der Waals surface area contributed by atoms with E-state index in [-0.39, 0.29) is 44.1 Å². The maximum absolute atomic E-state index is 13.3. The van der Waals surface area contributed by atoms with Crippen molar-refractivity contribution in [3.63, 3.8) is 0 Å². The number of aliphatic imine (C=N–C) groups is 1. The average molecular weight is 554 g/mol. The van der Waals surface area contributed by atoms with E-state index in [2.05, 4.69) is 30.9 Å². The van der Waals surface area contributed by atoms with Gasteiger partial charge in [-0.05, 0) is 25.2 Å². The van der Waals surface area contributed by atoms with Gasteiger partial charge in [-0.25, -0.2) is 9.78 Å². The van der Waals surface area contributed by atoms with Crippen LogP contribution in [0.5, 0.6) is 0 Å². The van der Waals surface area contributed by atoms with E-state index in [1.807, 2.05) is 6.92 Å². The SMILES string of the molecule is CCC(C)C(N)C(=O)NC(Cc1cnc[nH]1)C(=O)NC(CCCN=C(N)N)C(=O)NC(CCC(=O)O)C(=O)O. The molecule has 0 aromatic carbocycles. The summed E-state index contributed by atoms with van der Waals surface area (Å²) in [7, 11) is 0. The molecule has 0 saturated heterocycles. The van der Waals surface area contributed by atoms with Crippen molar-refractivity contribution in [3.05, 3.63) is 18.2 Å². The quantitative estimate of drug-likeness (QED) is 0.0533. The Hall–Kier alpha value is -4.21. The van der Waals surface area contributed by atoms with Gasteiger partial charge in [0.25, 0.3) is 0 Å². The van der Waals surface area contributed by atoms with Gasteiger partial charge in [-0.15, -0.1) is 0 Å². The number of H-pyrrole nitrogens is 1. The molecule has 0 aliphatic rings. The average Bonchev–Trinajstić information content (AvgIpc) is 3.39. The second-order valence-corrected chi connectivity index (χ2v) is 9.10. The number of aromatic amines is 1. The number of rotatable bonds is 18. The van der Waals surface area contributed by atoms with Crippen molar-refractivity contribution >= 4 is 35.6 Å². The molecule has 5 atom stereocenters. The monoisotopic (exact) mass is 553 g/mol. The van der Waals surface area contributed by atoms with Gasteiger partial charge in [0.15, 0.2) is 5.96 Å². The molecule has 0 spiro atoms. The van der Waals surface area contributed by atoms with E-state index in [1.54, 1.807) is 6.92 Å². The summed E-state index contributed by atoms with van der Waals surface area (Å²) in [6.45, 7) is 3.80. The summed E-state index contributed by atoms with van der Waals surface area (Å²) in [5.41, 5.74) is 17.2. The minimum atomic E-state index is -1.50. The summed E-state index contributed by atoms with van der Waals surface area (Å²) in [4.78, 5) is 72.1. The second-order valence-electron chi connectivity index (χ2n) is 9.10. The molecule has 16 nitrogen and oxygen atoms in total. The summed E-state index contributed by atoms with van der Waals surface area (Å²) in [6, 6.07) is -4.78. The molecule has 1 aromatic rings. The lowest BCUT2D eigenvalue weighted by molar-refractivity contribution is -0.143. The Labute approximate surface area is 225 Å². The molecule has 0 radical (unpaired) electrons. The Balaban J connectivity index is 3.12. The third-order valence-corrected chi connectivity index (χ3v) is 6.01. The van der Waals surface area contributed by atoms with Crippen LogP contribution in [-0.4, -0.2) is 86.5 Å². The van der Waals surface area contributed by atoms with Crippen LogP contribution in [0.25, 0.3) is 0 Å². The molecule has 5 unspecified atom stereocenters. The number of carboxylic acids is 2. The zero-order chi connectivity index (χ0) is 29.5. The maximum Gasteiger partial charge on any atom is 0.326 e. The molecule has 12 N–H and O–H groups in total. The van der Waals surface area contributed by atoms with Crippen molar-refractivity contribution in [1.29, 1.82) is 0 Å². The van der Waals surface area contributed by atoms with Crippen LogP contribution in [-0.2, 0) is 30.4 Å². The largest absolute Gasteiger partial charge is 0.481 e. The van der Waals surface area contributed by atoms with Gasteiger partial charge in [0.1, 0.15) is 18.1 Å². The number of amides is 3. The zero-order valence-corrected chi connectivity index (χ0v) is 22.1. The van der Waals surface area contributed by atoms with Gasteiger partial charge in [-0.1, -0.05) is 20.3 Å². The standard InChI is InChI=1S/C23H39N9O7/c1-3-12(2)18(24)21(37)32-16(9-13-10-27-11-29-13)20(36)30-14(5-4-8-28-23(25)26)19(35)31-15(22(38)39)6-7-17(33)34/h10-12,14-16,18H,3-9,24H2,1-2H3,(H,27,29)(H,30,36)(H,31,35)(H,32,37)(H,33,34)(H,38,39)(H4,25,26,28). The molecule has 3 amide bonds. The minimum Gasteiger partial charge on any atom is -0.481 e. The number of carboxylic acid groups (broad SMARTS) is 2. The van der Waals surface area contributed by atoms with Crippen molar-refractivity contribution in [2.75, 3.05) is 6.54 Å². The number of aromatic nitrogens is 2. The molecular weight excluding hydrogens is 514 g/mol. The molecule has 0 bridgehead atoms. The molecular formula is C23H39N9O7. The molecule has 16 heteroatoms. The van der Waals surface area contributed by atoms with Gasteiger partial charge in [0, 0.05) is 31.3 Å². The number of imidazole rings is 1. The minimum absolute atomic E-state index is 0.00347. The highest BCUT2D eigenvalue weighted by atomic mass is 16.4. The zero-order valence-electron chi connectivity index (χ0n) is 22.1. The van der Waals surface area contributed by atoms with E-state index in [9.17, 15) is 29.1 Å². The lowest BCUT2D eigenvalue weighted by atomic mass is 9.98. The van der Waals surface area contributed by atoms with Crippen molar-refractivity contribution in [1.82, 2.24) is 25.9 Å². The lowest BCUT2D eigenvalue weighted by Crippen LogP contribution is -2.58. The van der Waals surface area contributed by atoms with E-state index < -0.39 is 60.2 Å². The summed E-state index contributed by atoms with van der Waals surface area (Å²) >= 11 is 0. The first kappa shape index (κ1) is 32.8. The highest BCUT2D eigenvalue weighted by molar-refractivity contribution is 5.94. The van der Waals surface area contributed by atoms with Crippen LogP contribution >= 0.6 is 0 Å². The van der Waals surface area contributed by atoms with Gasteiger partial charge in [-0.2, -0.15) is 0 Å². The van der Waals surface area contributed by atoms with E-state index in [0.29, 0.717) is 12.1 Å². The van der Waals surface area contributed by atoms with Crippen LogP contribution in [0.2, 0.25) is 0 Å². The van der Waals surface area contributed by atoms with Gasteiger partial charge < -0.3 is 48.3 Å². The molecule has 1 rings (SSSR count). The van der Waals surface area contributed by atoms with Gasteiger partial charge >= 0.3 is 11.9 Å². The van der Waals surface area contributed by atoms with Crippen LogP contribution in [0, 0.1) is 5.92 Å². The summed E-state index contributed by atoms with van der Waals surface area (Å²) in [5, 5.41) is 25.7. The number of carbonyl (C=O) groups excluding carboxylic acids is 3. The predicted molar refractivity (Wildman–Crippen MR) is 140 cm³/mol. The van der Waals surface area contributed by atoms with Crippen molar-refractivity contribution < 1.29 is 34.2 Å². The number of nitrogens with two attached hydrogens (primary N) is 3. The fourth-order valence-electron chi connectivity index (χ4n) is 3.45. The van der Waals surface area contributed by atoms with Crippen LogP contribution in [0.15, 0.2) is 17.5 Å². The highest BCUT2D eigenvalue weighted by Crippen LogP contribution is 2.08. The molecule has 0 aliphatic heterocycles. The lowest BCUT2D eigenvalue weighted by Gasteiger charge is -2.26. The van der Waals surface area contributed by atoms with Crippen molar-refractivity contribution in [2.45, 2.75) is 76.5 Å². The molecule has 0 aliphatic carbocycles. The fraction of sp³-hybridized carbons (Fsp3) is 0.609. The molecule has 39 heavy (non-hydrogen) atoms. The van der Waals surface area contributed by atoms with E-state index in [1.165, 1.54) is 12.5 Å². The first-order valence-corrected chi connectivity index (χ1v) is 12.5. The van der Waals surface area contributed by atoms with Crippen molar-refractivity contribution in [2.24, 2.45) is 28.1 Å². The normalized spacial score (nSPS) is 14.6. The molecule has 0 saturated carbocycles. The molecule has 1 heterocycles. The van der Waals surface area contributed by atoms with Crippen LogP contribution < -0.4 is 33.2 Å². The Morgan fingerprint density at radius 3 is 2.15 bits per heavy atom. The Morgan fingerprint density at radius 1 is 1.00 bits per heavy atom. The van der Waals surface area contributed by atoms with Crippen molar-refractivity contribution in [3.8, 4) is 0 Å². The van der Waals surface area contributed by atoms with E-state index >= 15 is 0 Å². The maximum atomic E-state index is 13.3. The summed E-state index contributed by atoms with van der Waals surface area (Å²) < 4.78 is 0. The molecule has 218 valence electrons. The first-order valence-electron chi connectivity index (χ1n) is 12.5. The van der Waals surface area contributed by atoms with Gasteiger partial charge in [0.2, 0.25) is 17.7 Å². The number of hydrogen-bond acceptors (Lipinski definition) is 8. The Kier molecular flexibility index (Phi) is 14.0. The second kappa shape index (κ2) is 16.6. The van der Waals surface area contributed by atoms with E-state index in [0.717, 1.165) is 0 Å². The number of aliphatic carboxylic acids is 2. The van der Waals surface area contributed by atoms with Crippen LogP contribution in [0.3, 0.4) is 0 Å². The fourth-order valence-corrected chi connectivity index (χ4v) is 3.45. The van der Waals surface area contributed by atoms with E-state index in [4.69, 9.17) is 22.3 Å². The summed E-state index contributed by atoms with van der Waals surface area (Å²) in [5.74, 6) is -5.13. The van der Waals surface area contributed by atoms with Crippen LogP contribution in [0.4, 0.5) is 0 Å².